The highest BCUT2D eigenvalue weighted by molar-refractivity contribution is 5.92. The Labute approximate surface area is 144 Å². The largest absolute Gasteiger partial charge is 0.452 e. The lowest BCUT2D eigenvalue weighted by molar-refractivity contribution is -0.128. The predicted octanol–water partition coefficient (Wildman–Crippen LogP) is 2.30. The van der Waals surface area contributed by atoms with Crippen molar-refractivity contribution >= 4 is 17.7 Å². The molecule has 0 spiro atoms. The zero-order valence-corrected chi connectivity index (χ0v) is 13.7. The van der Waals surface area contributed by atoms with Gasteiger partial charge in [0, 0.05) is 0 Å². The van der Waals surface area contributed by atoms with Gasteiger partial charge in [0.2, 0.25) is 0 Å². The van der Waals surface area contributed by atoms with Gasteiger partial charge in [-0.15, -0.1) is 0 Å². The number of rotatable bonds is 7. The van der Waals surface area contributed by atoms with Gasteiger partial charge >= 0.3 is 5.97 Å². The lowest BCUT2D eigenvalue weighted by Gasteiger charge is -2.16. The molecule has 25 heavy (non-hydrogen) atoms. The molecule has 5 nitrogen and oxygen atoms in total. The quantitative estimate of drug-likeness (QED) is 0.783. The minimum atomic E-state index is -0.808. The first-order valence-corrected chi connectivity index (χ1v) is 7.72. The highest BCUT2D eigenvalue weighted by Crippen LogP contribution is 2.06. The van der Waals surface area contributed by atoms with E-state index >= 15 is 0 Å². The normalized spacial score (nSPS) is 11.4. The van der Waals surface area contributed by atoms with Gasteiger partial charge in [-0.25, -0.2) is 9.18 Å². The number of ether oxygens (including phenoxy) is 1. The summed E-state index contributed by atoms with van der Waals surface area (Å²) in [4.78, 5) is 35.4. The van der Waals surface area contributed by atoms with Crippen LogP contribution in [0, 0.1) is 5.82 Å². The Hall–Kier alpha value is -3.02. The summed E-state index contributed by atoms with van der Waals surface area (Å²) in [6.07, 6.45) is 0.347. The van der Waals surface area contributed by atoms with Gasteiger partial charge in [-0.05, 0) is 37.1 Å². The van der Waals surface area contributed by atoms with Gasteiger partial charge in [0.25, 0.3) is 5.91 Å². The third-order valence-corrected chi connectivity index (χ3v) is 3.50. The van der Waals surface area contributed by atoms with E-state index in [1.807, 2.05) is 30.3 Å². The van der Waals surface area contributed by atoms with Gasteiger partial charge in [0.1, 0.15) is 5.82 Å². The third kappa shape index (κ3) is 5.84. The van der Waals surface area contributed by atoms with Gasteiger partial charge in [-0.2, -0.15) is 0 Å². The molecule has 0 saturated carbocycles. The Kier molecular flexibility index (Phi) is 6.39. The number of hydrogen-bond donors (Lipinski definition) is 1. The standard InChI is InChI=1S/C19H18FNO4/c1-13(22)17(10-14-6-3-2-4-7-14)21-18(23)12-25-19(24)15-8-5-9-16(20)11-15/h2-9,11,17H,10,12H2,1H3,(H,21,23)/t17-/m0/s1. The van der Waals surface area contributed by atoms with Crippen LogP contribution in [0.2, 0.25) is 0 Å². The minimum absolute atomic E-state index is 0.0141. The number of carbonyl (C=O) groups is 3. The number of amides is 1. The number of Topliss-reactive ketones (excluding diaryl/α,β-unsaturated/α-hetero) is 1. The van der Waals surface area contributed by atoms with Crippen LogP contribution < -0.4 is 5.32 Å². The van der Waals surface area contributed by atoms with Crippen LogP contribution in [0.15, 0.2) is 54.6 Å². The lowest BCUT2D eigenvalue weighted by Crippen LogP contribution is -2.43. The second-order valence-corrected chi connectivity index (χ2v) is 5.51. The van der Waals surface area contributed by atoms with E-state index in [0.717, 1.165) is 11.6 Å². The Morgan fingerprint density at radius 3 is 2.44 bits per heavy atom. The fourth-order valence-electron chi connectivity index (χ4n) is 2.21. The first-order chi connectivity index (χ1) is 12.0. The summed E-state index contributed by atoms with van der Waals surface area (Å²) in [5.74, 6) is -2.18. The number of esters is 1. The van der Waals surface area contributed by atoms with Crippen LogP contribution in [-0.2, 0) is 20.7 Å². The van der Waals surface area contributed by atoms with E-state index in [9.17, 15) is 18.8 Å². The van der Waals surface area contributed by atoms with Crippen LogP contribution >= 0.6 is 0 Å². The number of nitrogens with one attached hydrogen (secondary N) is 1. The molecule has 0 aliphatic rings. The van der Waals surface area contributed by atoms with Gasteiger partial charge in [0.15, 0.2) is 12.4 Å². The molecule has 2 aromatic carbocycles. The van der Waals surface area contributed by atoms with Crippen molar-refractivity contribution < 1.29 is 23.5 Å². The molecule has 0 heterocycles. The monoisotopic (exact) mass is 343 g/mol. The zero-order valence-electron chi connectivity index (χ0n) is 13.7. The lowest BCUT2D eigenvalue weighted by atomic mass is 10.0. The maximum Gasteiger partial charge on any atom is 0.338 e. The number of halogens is 1. The minimum Gasteiger partial charge on any atom is -0.452 e. The van der Waals surface area contributed by atoms with Crippen molar-refractivity contribution in [3.8, 4) is 0 Å². The third-order valence-electron chi connectivity index (χ3n) is 3.50. The van der Waals surface area contributed by atoms with Crippen molar-refractivity contribution in [3.05, 3.63) is 71.5 Å². The SMILES string of the molecule is CC(=O)[C@H](Cc1ccccc1)NC(=O)COC(=O)c1cccc(F)c1. The van der Waals surface area contributed by atoms with Crippen LogP contribution in [0.5, 0.6) is 0 Å². The van der Waals surface area contributed by atoms with Crippen molar-refractivity contribution in [3.63, 3.8) is 0 Å². The van der Waals surface area contributed by atoms with E-state index < -0.39 is 30.3 Å². The second kappa shape index (κ2) is 8.73. The summed E-state index contributed by atoms with van der Waals surface area (Å²) in [6.45, 7) is 0.834. The Morgan fingerprint density at radius 2 is 1.80 bits per heavy atom. The summed E-state index contributed by atoms with van der Waals surface area (Å²) < 4.78 is 17.9. The van der Waals surface area contributed by atoms with Crippen molar-refractivity contribution in [1.82, 2.24) is 5.32 Å². The summed E-state index contributed by atoms with van der Waals surface area (Å²) >= 11 is 0. The highest BCUT2D eigenvalue weighted by Gasteiger charge is 2.19. The molecule has 0 radical (unpaired) electrons. The fourth-order valence-corrected chi connectivity index (χ4v) is 2.21. The Bertz CT molecular complexity index is 761. The van der Waals surface area contributed by atoms with Crippen molar-refractivity contribution in [1.29, 1.82) is 0 Å². The molecule has 0 bridgehead atoms. The van der Waals surface area contributed by atoms with Crippen molar-refractivity contribution in [2.24, 2.45) is 0 Å². The molecule has 0 aliphatic heterocycles. The molecule has 130 valence electrons. The second-order valence-electron chi connectivity index (χ2n) is 5.51. The van der Waals surface area contributed by atoms with Gasteiger partial charge in [-0.3, -0.25) is 9.59 Å². The fraction of sp³-hybridized carbons (Fsp3) is 0.211. The molecule has 1 amide bonds. The molecule has 1 N–H and O–H groups in total. The molecular formula is C19H18FNO4. The Morgan fingerprint density at radius 1 is 1.08 bits per heavy atom. The average Bonchev–Trinajstić information content (AvgIpc) is 2.60. The number of ketones is 1. The van der Waals surface area contributed by atoms with Crippen LogP contribution in [0.25, 0.3) is 0 Å². The molecule has 0 aliphatic carbocycles. The molecule has 2 aromatic rings. The summed E-state index contributed by atoms with van der Waals surface area (Å²) in [5.41, 5.74) is 0.917. The Balaban J connectivity index is 1.88. The van der Waals surface area contributed by atoms with Gasteiger partial charge in [0.05, 0.1) is 11.6 Å². The summed E-state index contributed by atoms with van der Waals surface area (Å²) in [6, 6.07) is 13.5. The molecule has 0 fully saturated rings. The summed E-state index contributed by atoms with van der Waals surface area (Å²) in [7, 11) is 0. The number of hydrogen-bond acceptors (Lipinski definition) is 4. The maximum atomic E-state index is 13.1. The van der Waals surface area contributed by atoms with E-state index in [0.29, 0.717) is 6.42 Å². The van der Waals surface area contributed by atoms with E-state index in [4.69, 9.17) is 4.74 Å². The maximum absolute atomic E-state index is 13.1. The van der Waals surface area contributed by atoms with Crippen LogP contribution in [0.3, 0.4) is 0 Å². The van der Waals surface area contributed by atoms with E-state index in [2.05, 4.69) is 5.32 Å². The summed E-state index contributed by atoms with van der Waals surface area (Å²) in [5, 5.41) is 2.54. The predicted molar refractivity (Wildman–Crippen MR) is 89.4 cm³/mol. The number of carbonyl (C=O) groups excluding carboxylic acids is 3. The average molecular weight is 343 g/mol. The van der Waals surface area contributed by atoms with Crippen LogP contribution in [0.1, 0.15) is 22.8 Å². The van der Waals surface area contributed by atoms with E-state index in [1.54, 1.807) is 0 Å². The van der Waals surface area contributed by atoms with E-state index in [-0.39, 0.29) is 11.3 Å². The van der Waals surface area contributed by atoms with Crippen LogP contribution in [0.4, 0.5) is 4.39 Å². The smallest absolute Gasteiger partial charge is 0.338 e. The van der Waals surface area contributed by atoms with E-state index in [1.165, 1.54) is 25.1 Å². The zero-order chi connectivity index (χ0) is 18.2. The van der Waals surface area contributed by atoms with Crippen molar-refractivity contribution in [2.45, 2.75) is 19.4 Å². The molecular weight excluding hydrogens is 325 g/mol. The van der Waals surface area contributed by atoms with Gasteiger partial charge < -0.3 is 10.1 Å². The first-order valence-electron chi connectivity index (χ1n) is 7.72. The molecule has 0 saturated heterocycles. The van der Waals surface area contributed by atoms with Crippen LogP contribution in [-0.4, -0.2) is 30.3 Å². The molecule has 1 atom stereocenters. The highest BCUT2D eigenvalue weighted by atomic mass is 19.1. The molecule has 0 unspecified atom stereocenters. The van der Waals surface area contributed by atoms with Gasteiger partial charge in [-0.1, -0.05) is 36.4 Å². The molecule has 6 heteroatoms. The molecule has 0 aromatic heterocycles. The van der Waals surface area contributed by atoms with Crippen molar-refractivity contribution in [2.75, 3.05) is 6.61 Å². The topological polar surface area (TPSA) is 72.5 Å². The molecule has 2 rings (SSSR count). The number of benzene rings is 2. The first kappa shape index (κ1) is 18.3.